The fourth-order valence-corrected chi connectivity index (χ4v) is 3.96. The molecule has 1 spiro atoms. The minimum absolute atomic E-state index is 0.193. The van der Waals surface area contributed by atoms with Crippen LogP contribution >= 0.6 is 0 Å². The minimum atomic E-state index is -0.314. The van der Waals surface area contributed by atoms with E-state index in [1.807, 2.05) is 14.0 Å². The Labute approximate surface area is 150 Å². The summed E-state index contributed by atoms with van der Waals surface area (Å²) in [6.07, 6.45) is 0.720. The molecular formula is C20H30N2O3. The first-order valence-corrected chi connectivity index (χ1v) is 9.26. The smallest absolute Gasteiger partial charge is 0.410 e. The summed E-state index contributed by atoms with van der Waals surface area (Å²) in [7, 11) is 1.81. The van der Waals surface area contributed by atoms with Gasteiger partial charge < -0.3 is 14.4 Å². The number of hydrogen-bond donors (Lipinski definition) is 0. The van der Waals surface area contributed by atoms with Crippen LogP contribution in [-0.4, -0.2) is 54.8 Å². The number of aryl methyl sites for hydroxylation is 1. The van der Waals surface area contributed by atoms with Crippen molar-refractivity contribution < 1.29 is 14.3 Å². The molecule has 0 saturated carbocycles. The lowest BCUT2D eigenvalue weighted by atomic mass is 9.96. The minimum Gasteiger partial charge on any atom is -0.494 e. The lowest BCUT2D eigenvalue weighted by Crippen LogP contribution is -2.37. The predicted octanol–water partition coefficient (Wildman–Crippen LogP) is 3.54. The van der Waals surface area contributed by atoms with Crippen LogP contribution in [0.2, 0.25) is 0 Å². The molecule has 25 heavy (non-hydrogen) atoms. The molecule has 1 amide bonds. The largest absolute Gasteiger partial charge is 0.494 e. The zero-order valence-corrected chi connectivity index (χ0v) is 16.1. The highest BCUT2D eigenvalue weighted by atomic mass is 16.6. The Morgan fingerprint density at radius 3 is 2.68 bits per heavy atom. The van der Waals surface area contributed by atoms with Crippen molar-refractivity contribution >= 4 is 6.09 Å². The molecule has 5 heteroatoms. The van der Waals surface area contributed by atoms with E-state index in [1.165, 1.54) is 16.7 Å². The van der Waals surface area contributed by atoms with Crippen LogP contribution in [0.5, 0.6) is 5.75 Å². The molecule has 0 N–H and O–H groups in total. The van der Waals surface area contributed by atoms with Gasteiger partial charge in [-0.1, -0.05) is 19.9 Å². The third-order valence-corrected chi connectivity index (χ3v) is 5.32. The van der Waals surface area contributed by atoms with E-state index < -0.39 is 0 Å². The molecule has 1 unspecified atom stereocenters. The van der Waals surface area contributed by atoms with E-state index in [0.29, 0.717) is 19.1 Å². The van der Waals surface area contributed by atoms with Gasteiger partial charge in [0.1, 0.15) is 11.4 Å². The molecule has 2 aliphatic heterocycles. The normalized spacial score (nSPS) is 23.8. The van der Waals surface area contributed by atoms with Crippen molar-refractivity contribution in [3.8, 4) is 5.75 Å². The van der Waals surface area contributed by atoms with Crippen LogP contribution in [0.15, 0.2) is 12.1 Å². The molecule has 2 aliphatic rings. The lowest BCUT2D eigenvalue weighted by Gasteiger charge is -2.23. The van der Waals surface area contributed by atoms with E-state index in [0.717, 1.165) is 31.8 Å². The van der Waals surface area contributed by atoms with Gasteiger partial charge in [0.15, 0.2) is 0 Å². The number of likely N-dealkylation sites (N-methyl/N-ethyl adjacent to an activating group) is 1. The maximum Gasteiger partial charge on any atom is 0.410 e. The van der Waals surface area contributed by atoms with E-state index in [9.17, 15) is 4.79 Å². The van der Waals surface area contributed by atoms with Crippen LogP contribution in [0.3, 0.4) is 0 Å². The van der Waals surface area contributed by atoms with Crippen molar-refractivity contribution in [2.45, 2.75) is 52.2 Å². The molecule has 1 aromatic rings. The summed E-state index contributed by atoms with van der Waals surface area (Å²) >= 11 is 0. The second-order valence-corrected chi connectivity index (χ2v) is 7.77. The number of ether oxygens (including phenoxy) is 2. The molecule has 138 valence electrons. The summed E-state index contributed by atoms with van der Waals surface area (Å²) in [5.74, 6) is 1.43. The van der Waals surface area contributed by atoms with Gasteiger partial charge in [0, 0.05) is 33.1 Å². The van der Waals surface area contributed by atoms with Crippen molar-refractivity contribution in [1.82, 2.24) is 9.80 Å². The molecule has 3 rings (SSSR count). The van der Waals surface area contributed by atoms with Crippen molar-refractivity contribution in [2.24, 2.45) is 0 Å². The monoisotopic (exact) mass is 346 g/mol. The Morgan fingerprint density at radius 1 is 1.32 bits per heavy atom. The summed E-state index contributed by atoms with van der Waals surface area (Å²) in [5.41, 5.74) is 3.55. The molecule has 5 nitrogen and oxygen atoms in total. The summed E-state index contributed by atoms with van der Waals surface area (Å²) in [5, 5.41) is 0. The topological polar surface area (TPSA) is 42.0 Å². The highest BCUT2D eigenvalue weighted by Gasteiger charge is 2.48. The van der Waals surface area contributed by atoms with Crippen LogP contribution in [0.1, 0.15) is 49.8 Å². The van der Waals surface area contributed by atoms with Gasteiger partial charge >= 0.3 is 6.09 Å². The van der Waals surface area contributed by atoms with Crippen LogP contribution in [0, 0.1) is 6.92 Å². The molecule has 0 aliphatic carbocycles. The number of benzene rings is 1. The van der Waals surface area contributed by atoms with Crippen LogP contribution < -0.4 is 4.74 Å². The average molecular weight is 346 g/mol. The van der Waals surface area contributed by atoms with E-state index in [1.54, 1.807) is 4.90 Å². The van der Waals surface area contributed by atoms with E-state index in [2.05, 4.69) is 37.8 Å². The van der Waals surface area contributed by atoms with Gasteiger partial charge in [-0.05, 0) is 42.5 Å². The lowest BCUT2D eigenvalue weighted by molar-refractivity contribution is 0.0627. The maximum absolute atomic E-state index is 11.7. The zero-order valence-electron chi connectivity index (χ0n) is 16.1. The molecule has 0 radical (unpaired) electrons. The van der Waals surface area contributed by atoms with Gasteiger partial charge in [-0.2, -0.15) is 0 Å². The van der Waals surface area contributed by atoms with E-state index >= 15 is 0 Å². The second-order valence-electron chi connectivity index (χ2n) is 7.77. The predicted molar refractivity (Wildman–Crippen MR) is 98.2 cm³/mol. The standard InChI is InChI=1S/C20H30N2O3/c1-6-24-18-9-15(4)16(10-17(18)14(2)3)11-22-8-7-20(13-22)12-21(5)19(23)25-20/h9-10,14H,6-8,11-13H2,1-5H3. The Bertz CT molecular complexity index is 659. The number of carbonyl (C=O) groups excluding carboxylic acids is 1. The molecular weight excluding hydrogens is 316 g/mol. The first kappa shape index (κ1) is 18.1. The quantitative estimate of drug-likeness (QED) is 0.818. The maximum atomic E-state index is 11.7. The number of nitrogens with zero attached hydrogens (tertiary/aromatic N) is 2. The second kappa shape index (κ2) is 6.87. The fraction of sp³-hybridized carbons (Fsp3) is 0.650. The number of amides is 1. The highest BCUT2D eigenvalue weighted by Crippen LogP contribution is 2.34. The average Bonchev–Trinajstić information content (AvgIpc) is 3.04. The van der Waals surface area contributed by atoms with Gasteiger partial charge in [-0.25, -0.2) is 4.79 Å². The van der Waals surface area contributed by atoms with Gasteiger partial charge in [-0.3, -0.25) is 4.90 Å². The number of likely N-dealkylation sites (tertiary alicyclic amines) is 1. The van der Waals surface area contributed by atoms with E-state index in [-0.39, 0.29) is 11.7 Å². The first-order chi connectivity index (χ1) is 11.8. The van der Waals surface area contributed by atoms with Crippen molar-refractivity contribution in [2.75, 3.05) is 33.3 Å². The van der Waals surface area contributed by atoms with Gasteiger partial charge in [0.05, 0.1) is 13.2 Å². The van der Waals surface area contributed by atoms with Crippen LogP contribution in [-0.2, 0) is 11.3 Å². The Kier molecular flexibility index (Phi) is 4.96. The zero-order chi connectivity index (χ0) is 18.2. The van der Waals surface area contributed by atoms with Crippen LogP contribution in [0.4, 0.5) is 4.79 Å². The van der Waals surface area contributed by atoms with Gasteiger partial charge in [0.25, 0.3) is 0 Å². The Balaban J connectivity index is 1.75. The molecule has 2 saturated heterocycles. The third-order valence-electron chi connectivity index (χ3n) is 5.32. The van der Waals surface area contributed by atoms with E-state index in [4.69, 9.17) is 9.47 Å². The summed E-state index contributed by atoms with van der Waals surface area (Å²) in [6, 6.07) is 4.46. The molecule has 0 bridgehead atoms. The third kappa shape index (κ3) is 3.61. The molecule has 0 aromatic heterocycles. The van der Waals surface area contributed by atoms with Gasteiger partial charge in [-0.15, -0.1) is 0 Å². The van der Waals surface area contributed by atoms with Crippen molar-refractivity contribution in [1.29, 1.82) is 0 Å². The Morgan fingerprint density at radius 2 is 2.08 bits per heavy atom. The molecule has 2 heterocycles. The highest BCUT2D eigenvalue weighted by molar-refractivity contribution is 5.70. The number of hydrogen-bond acceptors (Lipinski definition) is 4. The van der Waals surface area contributed by atoms with Crippen molar-refractivity contribution in [3.63, 3.8) is 0 Å². The molecule has 1 atom stereocenters. The number of rotatable bonds is 5. The summed E-state index contributed by atoms with van der Waals surface area (Å²) in [4.78, 5) is 15.8. The number of carbonyl (C=O) groups is 1. The summed E-state index contributed by atoms with van der Waals surface area (Å²) < 4.78 is 11.5. The summed E-state index contributed by atoms with van der Waals surface area (Å²) in [6.45, 7) is 12.6. The van der Waals surface area contributed by atoms with Crippen LogP contribution in [0.25, 0.3) is 0 Å². The Hall–Kier alpha value is -1.75. The fourth-order valence-electron chi connectivity index (χ4n) is 3.96. The van der Waals surface area contributed by atoms with Crippen molar-refractivity contribution in [3.05, 3.63) is 28.8 Å². The van der Waals surface area contributed by atoms with Gasteiger partial charge in [0.2, 0.25) is 0 Å². The first-order valence-electron chi connectivity index (χ1n) is 9.26. The SMILES string of the molecule is CCOc1cc(C)c(CN2CCC3(C2)CN(C)C(=O)O3)cc1C(C)C. The molecule has 1 aromatic carbocycles. The molecule has 2 fully saturated rings.